The van der Waals surface area contributed by atoms with Gasteiger partial charge in [0.25, 0.3) is 5.91 Å². The van der Waals surface area contributed by atoms with Crippen LogP contribution in [0, 0.1) is 0 Å². The molecule has 33 heavy (non-hydrogen) atoms. The van der Waals surface area contributed by atoms with Crippen LogP contribution >= 0.6 is 0 Å². The number of rotatable bonds is 7. The van der Waals surface area contributed by atoms with E-state index in [4.69, 9.17) is 4.74 Å². The molecule has 1 N–H and O–H groups in total. The third-order valence-electron chi connectivity index (χ3n) is 4.48. The second-order valence-corrected chi connectivity index (χ2v) is 8.13. The number of fused-ring (bicyclic) bond motifs is 1. The van der Waals surface area contributed by atoms with Gasteiger partial charge in [0.2, 0.25) is 0 Å². The molecule has 0 saturated heterocycles. The lowest BCUT2D eigenvalue weighted by atomic mass is 10.2. The van der Waals surface area contributed by atoms with Crippen LogP contribution in [0.2, 0.25) is 0 Å². The molecule has 11 nitrogen and oxygen atoms in total. The van der Waals surface area contributed by atoms with E-state index in [1.54, 1.807) is 49.6 Å². The number of benzene rings is 1. The van der Waals surface area contributed by atoms with Gasteiger partial charge in [0.1, 0.15) is 18.5 Å². The van der Waals surface area contributed by atoms with Crippen LogP contribution in [0.1, 0.15) is 31.1 Å². The first-order valence-corrected chi connectivity index (χ1v) is 10.2. The van der Waals surface area contributed by atoms with Crippen molar-refractivity contribution in [1.29, 1.82) is 0 Å². The maximum absolute atomic E-state index is 12.5. The molecular weight excluding hydrogens is 428 g/mol. The molecule has 2 heterocycles. The molecule has 0 radical (unpaired) electrons. The van der Waals surface area contributed by atoms with Gasteiger partial charge in [0.05, 0.1) is 13.4 Å². The minimum absolute atomic E-state index is 0.144. The predicted molar refractivity (Wildman–Crippen MR) is 120 cm³/mol. The van der Waals surface area contributed by atoms with Crippen molar-refractivity contribution in [2.24, 2.45) is 0 Å². The number of methoxy groups -OCH3 is 1. The molecule has 0 spiro atoms. The lowest BCUT2D eigenvalue weighted by Gasteiger charge is -2.26. The Morgan fingerprint density at radius 3 is 2.48 bits per heavy atom. The van der Waals surface area contributed by atoms with E-state index in [9.17, 15) is 14.4 Å². The summed E-state index contributed by atoms with van der Waals surface area (Å²) < 4.78 is 11.8. The number of amides is 2. The van der Waals surface area contributed by atoms with Crippen molar-refractivity contribution in [2.75, 3.05) is 25.5 Å². The van der Waals surface area contributed by atoms with Crippen LogP contribution in [0.25, 0.3) is 11.2 Å². The molecule has 2 aromatic heterocycles. The number of ether oxygens (including phenoxy) is 2. The van der Waals surface area contributed by atoms with Crippen molar-refractivity contribution in [1.82, 2.24) is 24.4 Å². The molecule has 2 amide bonds. The summed E-state index contributed by atoms with van der Waals surface area (Å²) in [5.74, 6) is -0.616. The van der Waals surface area contributed by atoms with Crippen molar-refractivity contribution < 1.29 is 23.9 Å². The fourth-order valence-electron chi connectivity index (χ4n) is 2.92. The van der Waals surface area contributed by atoms with E-state index in [2.05, 4.69) is 25.0 Å². The third-order valence-corrected chi connectivity index (χ3v) is 4.48. The van der Waals surface area contributed by atoms with Gasteiger partial charge in [-0.25, -0.2) is 19.7 Å². The van der Waals surface area contributed by atoms with Crippen LogP contribution in [0.4, 0.5) is 10.6 Å². The molecule has 0 saturated carbocycles. The van der Waals surface area contributed by atoms with Gasteiger partial charge >= 0.3 is 12.1 Å². The number of hydrogen-bond acceptors (Lipinski definition) is 8. The maximum atomic E-state index is 12.5. The number of hydrogen-bond donors (Lipinski definition) is 1. The minimum Gasteiger partial charge on any atom is -0.468 e. The lowest BCUT2D eigenvalue weighted by molar-refractivity contribution is -0.141. The summed E-state index contributed by atoms with van der Waals surface area (Å²) in [4.78, 5) is 50.8. The lowest BCUT2D eigenvalue weighted by Crippen LogP contribution is -2.41. The van der Waals surface area contributed by atoms with Crippen LogP contribution in [0.15, 0.2) is 43.0 Å². The molecular formula is C22H26N6O5. The number of aromatic nitrogens is 4. The van der Waals surface area contributed by atoms with Crippen molar-refractivity contribution in [3.8, 4) is 0 Å². The van der Waals surface area contributed by atoms with E-state index in [1.807, 2.05) is 6.07 Å². The van der Waals surface area contributed by atoms with E-state index in [1.165, 1.54) is 24.7 Å². The third kappa shape index (κ3) is 6.25. The molecule has 3 aromatic rings. The first-order valence-electron chi connectivity index (χ1n) is 10.2. The summed E-state index contributed by atoms with van der Waals surface area (Å²) >= 11 is 0. The topological polar surface area (TPSA) is 129 Å². The average molecular weight is 454 g/mol. The molecule has 1 aromatic carbocycles. The Labute approximate surface area is 190 Å². The van der Waals surface area contributed by atoms with Crippen LogP contribution in [0.5, 0.6) is 0 Å². The standard InChI is InChI=1S/C22H26N6O5/c1-22(2,3)33-21(31)27(12-16(29)32-4)10-11-28-14-25-17-18(23-13-24-19(17)28)26-20(30)15-8-6-5-7-9-15/h5-9,13-14H,10-12H2,1-4H3,(H,23,24,26,30). The van der Waals surface area contributed by atoms with Gasteiger partial charge in [-0.2, -0.15) is 0 Å². The molecule has 0 aliphatic carbocycles. The number of anilines is 1. The Kier molecular flexibility index (Phi) is 7.21. The summed E-state index contributed by atoms with van der Waals surface area (Å²) in [6, 6.07) is 8.74. The average Bonchev–Trinajstić information content (AvgIpc) is 3.19. The largest absolute Gasteiger partial charge is 0.468 e. The van der Waals surface area contributed by atoms with Gasteiger partial charge in [-0.3, -0.25) is 14.5 Å². The van der Waals surface area contributed by atoms with Crippen molar-refractivity contribution in [2.45, 2.75) is 32.9 Å². The van der Waals surface area contributed by atoms with Crippen LogP contribution in [0.3, 0.4) is 0 Å². The number of nitrogens with zero attached hydrogens (tertiary/aromatic N) is 5. The van der Waals surface area contributed by atoms with E-state index < -0.39 is 17.7 Å². The fraction of sp³-hybridized carbons (Fsp3) is 0.364. The number of esters is 1. The van der Waals surface area contributed by atoms with Crippen LogP contribution in [-0.4, -0.2) is 68.2 Å². The van der Waals surface area contributed by atoms with Gasteiger partial charge in [-0.05, 0) is 32.9 Å². The van der Waals surface area contributed by atoms with Gasteiger partial charge in [-0.15, -0.1) is 0 Å². The number of imidazole rings is 1. The van der Waals surface area contributed by atoms with E-state index >= 15 is 0 Å². The highest BCUT2D eigenvalue weighted by Gasteiger charge is 2.24. The molecule has 11 heteroatoms. The molecule has 0 fully saturated rings. The summed E-state index contributed by atoms with van der Waals surface area (Å²) in [6.45, 7) is 5.39. The summed E-state index contributed by atoms with van der Waals surface area (Å²) in [5.41, 5.74) is 0.639. The highest BCUT2D eigenvalue weighted by atomic mass is 16.6. The predicted octanol–water partition coefficient (Wildman–Crippen LogP) is 2.49. The zero-order valence-corrected chi connectivity index (χ0v) is 18.9. The van der Waals surface area contributed by atoms with E-state index in [0.29, 0.717) is 16.7 Å². The quantitative estimate of drug-likeness (QED) is 0.539. The normalized spacial score (nSPS) is 11.2. The second-order valence-electron chi connectivity index (χ2n) is 8.13. The smallest absolute Gasteiger partial charge is 0.410 e. The summed E-state index contributed by atoms with van der Waals surface area (Å²) in [7, 11) is 1.25. The number of carbonyl (C=O) groups is 3. The van der Waals surface area contributed by atoms with Crippen molar-refractivity contribution in [3.63, 3.8) is 0 Å². The highest BCUT2D eigenvalue weighted by Crippen LogP contribution is 2.18. The van der Waals surface area contributed by atoms with Gasteiger partial charge in [0.15, 0.2) is 17.0 Å². The van der Waals surface area contributed by atoms with Gasteiger partial charge in [-0.1, -0.05) is 18.2 Å². The number of carbonyl (C=O) groups excluding carboxylic acids is 3. The molecule has 3 rings (SSSR count). The van der Waals surface area contributed by atoms with Crippen molar-refractivity contribution >= 4 is 35.0 Å². The Morgan fingerprint density at radius 1 is 1.09 bits per heavy atom. The molecule has 0 atom stereocenters. The van der Waals surface area contributed by atoms with Gasteiger partial charge in [0, 0.05) is 18.7 Å². The molecule has 0 aliphatic heterocycles. The summed E-state index contributed by atoms with van der Waals surface area (Å²) in [5, 5.41) is 2.75. The van der Waals surface area contributed by atoms with Gasteiger partial charge < -0.3 is 19.4 Å². The zero-order valence-electron chi connectivity index (χ0n) is 18.9. The van der Waals surface area contributed by atoms with Crippen molar-refractivity contribution in [3.05, 3.63) is 48.5 Å². The Hall–Kier alpha value is -4.02. The molecule has 0 aliphatic rings. The Morgan fingerprint density at radius 2 is 1.82 bits per heavy atom. The SMILES string of the molecule is COC(=O)CN(CCn1cnc2c(NC(=O)c3ccccc3)ncnc21)C(=O)OC(C)(C)C. The fourth-order valence-corrected chi connectivity index (χ4v) is 2.92. The maximum Gasteiger partial charge on any atom is 0.410 e. The molecule has 174 valence electrons. The monoisotopic (exact) mass is 454 g/mol. The highest BCUT2D eigenvalue weighted by molar-refractivity contribution is 6.06. The van der Waals surface area contributed by atoms with Crippen LogP contribution in [-0.2, 0) is 20.8 Å². The Balaban J connectivity index is 1.76. The van der Waals surface area contributed by atoms with Crippen LogP contribution < -0.4 is 5.32 Å². The Bertz CT molecular complexity index is 1140. The second kappa shape index (κ2) is 10.1. The number of nitrogens with one attached hydrogen (secondary N) is 1. The van der Waals surface area contributed by atoms with E-state index in [0.717, 1.165) is 0 Å². The molecule has 0 unspecified atom stereocenters. The molecule has 0 bridgehead atoms. The minimum atomic E-state index is -0.716. The van der Waals surface area contributed by atoms with E-state index in [-0.39, 0.29) is 31.4 Å². The first-order chi connectivity index (χ1) is 15.7. The first kappa shape index (κ1) is 23.6. The zero-order chi connectivity index (χ0) is 24.0. The summed E-state index contributed by atoms with van der Waals surface area (Å²) in [6.07, 6.45) is 2.21.